The Kier molecular flexibility index (Phi) is 4.32. The number of carboxylic acids is 1. The zero-order valence-corrected chi connectivity index (χ0v) is 8.31. The molecule has 0 radical (unpaired) electrons. The largest absolute Gasteiger partial charge is 0.478 e. The average molecular weight is 202 g/mol. The molecule has 0 aromatic rings. The Hall–Kier alpha value is -0.480. The molecule has 3 nitrogen and oxygen atoms in total. The van der Waals surface area contributed by atoms with Crippen LogP contribution in [0.2, 0.25) is 0 Å². The minimum atomic E-state index is -0.889. The molecule has 74 valence electrons. The number of hydrogen-bond acceptors (Lipinski definition) is 3. The fourth-order valence-electron chi connectivity index (χ4n) is 1.12. The minimum absolute atomic E-state index is 0.288. The third kappa shape index (κ3) is 3.83. The Bertz CT molecular complexity index is 197. The third-order valence-electron chi connectivity index (χ3n) is 1.96. The second kappa shape index (κ2) is 5.29. The molecule has 1 aliphatic heterocycles. The fourth-order valence-corrected chi connectivity index (χ4v) is 2.21. The second-order valence-corrected chi connectivity index (χ2v) is 4.32. The summed E-state index contributed by atoms with van der Waals surface area (Å²) in [5.41, 5.74) is 0.288. The van der Waals surface area contributed by atoms with Gasteiger partial charge in [0.2, 0.25) is 0 Å². The minimum Gasteiger partial charge on any atom is -0.478 e. The third-order valence-corrected chi connectivity index (χ3v) is 3.42. The lowest BCUT2D eigenvalue weighted by Crippen LogP contribution is -2.18. The summed E-state index contributed by atoms with van der Waals surface area (Å²) in [6.45, 7) is 5.09. The van der Waals surface area contributed by atoms with Gasteiger partial charge in [-0.25, -0.2) is 4.79 Å². The van der Waals surface area contributed by atoms with Crippen molar-refractivity contribution < 1.29 is 14.6 Å². The van der Waals surface area contributed by atoms with Crippen LogP contribution < -0.4 is 0 Å². The molecule has 13 heavy (non-hydrogen) atoms. The van der Waals surface area contributed by atoms with Crippen LogP contribution in [0.4, 0.5) is 0 Å². The molecule has 1 saturated heterocycles. The van der Waals surface area contributed by atoms with Gasteiger partial charge in [0.05, 0.1) is 0 Å². The molecule has 1 N–H and O–H groups in total. The van der Waals surface area contributed by atoms with Crippen LogP contribution >= 0.6 is 11.8 Å². The Labute approximate surface area is 82.2 Å². The zero-order chi connectivity index (χ0) is 9.68. The quantitative estimate of drug-likeness (QED) is 0.702. The van der Waals surface area contributed by atoms with E-state index in [-0.39, 0.29) is 5.57 Å². The van der Waals surface area contributed by atoms with Crippen LogP contribution in [-0.2, 0) is 9.53 Å². The number of aliphatic carboxylic acids is 1. The standard InChI is InChI=1S/C9H14O3S/c1-7(9(10)11)6-13-8-2-4-12-5-3-8/h8H,1-6H2,(H,10,11). The van der Waals surface area contributed by atoms with Gasteiger partial charge >= 0.3 is 5.97 Å². The van der Waals surface area contributed by atoms with Gasteiger partial charge in [-0.1, -0.05) is 6.58 Å². The van der Waals surface area contributed by atoms with Gasteiger partial charge in [0, 0.05) is 29.8 Å². The van der Waals surface area contributed by atoms with Crippen molar-refractivity contribution in [1.82, 2.24) is 0 Å². The molecule has 1 rings (SSSR count). The number of rotatable bonds is 4. The number of ether oxygens (including phenoxy) is 1. The average Bonchev–Trinajstić information content (AvgIpc) is 2.15. The molecule has 0 unspecified atom stereocenters. The van der Waals surface area contributed by atoms with Crippen LogP contribution in [0.5, 0.6) is 0 Å². The van der Waals surface area contributed by atoms with Crippen molar-refractivity contribution in [2.45, 2.75) is 18.1 Å². The van der Waals surface area contributed by atoms with Crippen LogP contribution in [0.15, 0.2) is 12.2 Å². The monoisotopic (exact) mass is 202 g/mol. The first-order valence-electron chi connectivity index (χ1n) is 4.30. The summed E-state index contributed by atoms with van der Waals surface area (Å²) in [6.07, 6.45) is 2.05. The van der Waals surface area contributed by atoms with E-state index in [0.29, 0.717) is 11.0 Å². The summed E-state index contributed by atoms with van der Waals surface area (Å²) in [7, 11) is 0. The second-order valence-electron chi connectivity index (χ2n) is 3.03. The van der Waals surface area contributed by atoms with Crippen molar-refractivity contribution in [3.63, 3.8) is 0 Å². The highest BCUT2D eigenvalue weighted by Gasteiger charge is 2.15. The molecule has 1 heterocycles. The Morgan fingerprint density at radius 1 is 1.54 bits per heavy atom. The van der Waals surface area contributed by atoms with Gasteiger partial charge in [0.1, 0.15) is 0 Å². The SMILES string of the molecule is C=C(CSC1CCOCC1)C(=O)O. The summed E-state index contributed by atoms with van der Waals surface area (Å²) in [6, 6.07) is 0. The van der Waals surface area contributed by atoms with Crippen molar-refractivity contribution in [2.75, 3.05) is 19.0 Å². The molecule has 0 bridgehead atoms. The Morgan fingerprint density at radius 3 is 2.69 bits per heavy atom. The molecule has 0 amide bonds. The van der Waals surface area contributed by atoms with Gasteiger partial charge in [-0.15, -0.1) is 0 Å². The molecule has 0 aromatic carbocycles. The highest BCUT2D eigenvalue weighted by atomic mass is 32.2. The highest BCUT2D eigenvalue weighted by molar-refractivity contribution is 8.00. The molecule has 1 aliphatic rings. The van der Waals surface area contributed by atoms with Crippen molar-refractivity contribution in [3.8, 4) is 0 Å². The molecular formula is C9H14O3S. The van der Waals surface area contributed by atoms with E-state index in [1.54, 1.807) is 11.8 Å². The first kappa shape index (κ1) is 10.6. The van der Waals surface area contributed by atoms with Crippen molar-refractivity contribution in [2.24, 2.45) is 0 Å². The van der Waals surface area contributed by atoms with E-state index in [1.165, 1.54) is 0 Å². The van der Waals surface area contributed by atoms with E-state index in [1.807, 2.05) is 0 Å². The lowest BCUT2D eigenvalue weighted by atomic mass is 10.2. The normalized spacial score (nSPS) is 18.5. The van der Waals surface area contributed by atoms with Gasteiger partial charge in [-0.3, -0.25) is 0 Å². The maximum atomic E-state index is 10.4. The van der Waals surface area contributed by atoms with Gasteiger partial charge in [0.15, 0.2) is 0 Å². The first-order chi connectivity index (χ1) is 6.20. The van der Waals surface area contributed by atoms with Gasteiger partial charge < -0.3 is 9.84 Å². The summed E-state index contributed by atoms with van der Waals surface area (Å²) < 4.78 is 5.20. The van der Waals surface area contributed by atoms with Crippen LogP contribution in [0.3, 0.4) is 0 Å². The molecule has 0 saturated carbocycles. The van der Waals surface area contributed by atoms with Gasteiger partial charge in [0.25, 0.3) is 0 Å². The zero-order valence-electron chi connectivity index (χ0n) is 7.49. The van der Waals surface area contributed by atoms with E-state index < -0.39 is 5.97 Å². The highest BCUT2D eigenvalue weighted by Crippen LogP contribution is 2.23. The Morgan fingerprint density at radius 2 is 2.15 bits per heavy atom. The van der Waals surface area contributed by atoms with Crippen molar-refractivity contribution in [3.05, 3.63) is 12.2 Å². The lowest BCUT2D eigenvalue weighted by Gasteiger charge is -2.21. The molecular weight excluding hydrogens is 188 g/mol. The van der Waals surface area contributed by atoms with E-state index in [0.717, 1.165) is 26.1 Å². The van der Waals surface area contributed by atoms with E-state index in [9.17, 15) is 4.79 Å². The number of carbonyl (C=O) groups is 1. The van der Waals surface area contributed by atoms with Gasteiger partial charge in [-0.05, 0) is 12.8 Å². The van der Waals surface area contributed by atoms with E-state index in [4.69, 9.17) is 9.84 Å². The molecule has 0 atom stereocenters. The van der Waals surface area contributed by atoms with Crippen LogP contribution in [0, 0.1) is 0 Å². The smallest absolute Gasteiger partial charge is 0.331 e. The van der Waals surface area contributed by atoms with Crippen molar-refractivity contribution >= 4 is 17.7 Å². The fraction of sp³-hybridized carbons (Fsp3) is 0.667. The summed E-state index contributed by atoms with van der Waals surface area (Å²) in [5, 5.41) is 9.12. The molecule has 1 fully saturated rings. The summed E-state index contributed by atoms with van der Waals surface area (Å²) in [4.78, 5) is 10.4. The van der Waals surface area contributed by atoms with Crippen molar-refractivity contribution in [1.29, 1.82) is 0 Å². The summed E-state index contributed by atoms with van der Waals surface area (Å²) in [5.74, 6) is -0.362. The molecule has 0 spiro atoms. The summed E-state index contributed by atoms with van der Waals surface area (Å²) >= 11 is 1.67. The van der Waals surface area contributed by atoms with Gasteiger partial charge in [-0.2, -0.15) is 11.8 Å². The lowest BCUT2D eigenvalue weighted by molar-refractivity contribution is -0.132. The Balaban J connectivity index is 2.17. The van der Waals surface area contributed by atoms with Crippen LogP contribution in [0.1, 0.15) is 12.8 Å². The number of thioether (sulfide) groups is 1. The first-order valence-corrected chi connectivity index (χ1v) is 5.35. The van der Waals surface area contributed by atoms with E-state index >= 15 is 0 Å². The number of hydrogen-bond donors (Lipinski definition) is 1. The van der Waals surface area contributed by atoms with Crippen LogP contribution in [0.25, 0.3) is 0 Å². The maximum Gasteiger partial charge on any atom is 0.331 e. The molecule has 4 heteroatoms. The predicted molar refractivity (Wildman–Crippen MR) is 53.1 cm³/mol. The van der Waals surface area contributed by atoms with E-state index in [2.05, 4.69) is 6.58 Å². The topological polar surface area (TPSA) is 46.5 Å². The maximum absolute atomic E-state index is 10.4. The molecule has 0 aromatic heterocycles. The predicted octanol–water partition coefficient (Wildman–Crippen LogP) is 1.54. The molecule has 0 aliphatic carbocycles. The number of carboxylic acid groups (broad SMARTS) is 1. The van der Waals surface area contributed by atoms with Crippen LogP contribution in [-0.4, -0.2) is 35.3 Å².